The lowest BCUT2D eigenvalue weighted by Crippen LogP contribution is -2.57. The van der Waals surface area contributed by atoms with E-state index in [1.807, 2.05) is 44.5 Å². The minimum Gasteiger partial charge on any atom is -0.361 e. The number of aryl methyl sites for hydroxylation is 3. The number of nitrogens with zero attached hydrogens (tertiary/aromatic N) is 5. The van der Waals surface area contributed by atoms with Crippen molar-refractivity contribution in [3.8, 4) is 0 Å². The Hall–Kier alpha value is -2.44. The summed E-state index contributed by atoms with van der Waals surface area (Å²) in [6.45, 7) is 10.2. The number of carbonyl (C=O) groups is 1. The van der Waals surface area contributed by atoms with Crippen molar-refractivity contribution in [1.29, 1.82) is 0 Å². The predicted molar refractivity (Wildman–Crippen MR) is 134 cm³/mol. The highest BCUT2D eigenvalue weighted by molar-refractivity contribution is 8.02. The zero-order chi connectivity index (χ0) is 25.3. The van der Waals surface area contributed by atoms with Crippen molar-refractivity contribution in [3.05, 3.63) is 44.9 Å². The Morgan fingerprint density at radius 3 is 2.62 bits per heavy atom. The molecule has 2 aromatic rings. The first kappa shape index (κ1) is 27.8. The molecule has 7 nitrogen and oxygen atoms in total. The van der Waals surface area contributed by atoms with Crippen LogP contribution in [0.5, 0.6) is 0 Å². The van der Waals surface area contributed by atoms with Gasteiger partial charge in [0.15, 0.2) is 0 Å². The van der Waals surface area contributed by atoms with Crippen LogP contribution in [-0.2, 0) is 4.79 Å². The maximum Gasteiger partial charge on any atom is 0.410 e. The number of amides is 1. The zero-order valence-corrected chi connectivity index (χ0v) is 21.2. The number of pyridine rings is 1. The molecule has 1 fully saturated rings. The number of halogens is 3. The Morgan fingerprint density at radius 1 is 1.35 bits per heavy atom. The second kappa shape index (κ2) is 12.9. The van der Waals surface area contributed by atoms with Gasteiger partial charge in [-0.2, -0.15) is 13.2 Å². The number of anilines is 1. The summed E-state index contributed by atoms with van der Waals surface area (Å²) in [5.74, 6) is 1.60. The third kappa shape index (κ3) is 8.41. The molecule has 3 rings (SSSR count). The fourth-order valence-electron chi connectivity index (χ4n) is 3.09. The van der Waals surface area contributed by atoms with Gasteiger partial charge in [-0.3, -0.25) is 9.79 Å². The highest BCUT2D eigenvalue weighted by Crippen LogP contribution is 2.28. The summed E-state index contributed by atoms with van der Waals surface area (Å²) in [6.07, 6.45) is -2.20. The zero-order valence-electron chi connectivity index (χ0n) is 19.6. The number of aliphatic imine (C=N–C) groups is 1. The molecule has 0 aliphatic carbocycles. The van der Waals surface area contributed by atoms with E-state index in [0.717, 1.165) is 43.4 Å². The molecule has 1 N–H and O–H groups in total. The Labute approximate surface area is 206 Å². The number of thiazole rings is 1. The van der Waals surface area contributed by atoms with Gasteiger partial charge in [-0.15, -0.1) is 23.1 Å². The van der Waals surface area contributed by atoms with Crippen molar-refractivity contribution >= 4 is 47.7 Å². The van der Waals surface area contributed by atoms with Crippen LogP contribution in [0.15, 0.2) is 28.7 Å². The van der Waals surface area contributed by atoms with Crippen LogP contribution >= 0.6 is 23.1 Å². The van der Waals surface area contributed by atoms with E-state index < -0.39 is 12.2 Å². The molecule has 0 spiro atoms. The van der Waals surface area contributed by atoms with Gasteiger partial charge in [-0.05, 0) is 51.6 Å². The summed E-state index contributed by atoms with van der Waals surface area (Å²) in [4.78, 5) is 26.6. The van der Waals surface area contributed by atoms with Crippen LogP contribution in [-0.4, -0.2) is 77.7 Å². The maximum absolute atomic E-state index is 12.3. The first-order chi connectivity index (χ1) is 16.0. The average molecular weight is 515 g/mol. The molecule has 186 valence electrons. The third-order valence-electron chi connectivity index (χ3n) is 4.89. The van der Waals surface area contributed by atoms with Crippen molar-refractivity contribution in [3.63, 3.8) is 0 Å². The number of hydrogen-bond donors (Lipinski definition) is 1. The number of thioether (sulfide) groups is 1. The molecule has 0 saturated carbocycles. The number of hydrogen-bond acceptors (Lipinski definition) is 8. The number of aromatic nitrogens is 2. The van der Waals surface area contributed by atoms with Crippen molar-refractivity contribution < 1.29 is 18.0 Å². The first-order valence-electron chi connectivity index (χ1n) is 10.4. The number of likely N-dealkylation sites (N-methyl/N-ethyl adjacent to an activating group) is 1. The third-order valence-corrected chi connectivity index (χ3v) is 6.68. The second-order valence-corrected chi connectivity index (χ2v) is 9.74. The van der Waals surface area contributed by atoms with Gasteiger partial charge in [0.05, 0.1) is 27.2 Å². The molecule has 1 saturated heterocycles. The van der Waals surface area contributed by atoms with Crippen molar-refractivity contribution in [2.24, 2.45) is 4.99 Å². The van der Waals surface area contributed by atoms with Crippen LogP contribution in [0.2, 0.25) is 0 Å². The molecule has 2 aromatic heterocycles. The topological polar surface area (TPSA) is 73.7 Å². The molecule has 1 aliphatic rings. The van der Waals surface area contributed by atoms with Crippen LogP contribution in [0.25, 0.3) is 5.70 Å². The van der Waals surface area contributed by atoms with Crippen LogP contribution in [0, 0.1) is 20.8 Å². The molecule has 1 aliphatic heterocycles. The van der Waals surface area contributed by atoms with Gasteiger partial charge >= 0.3 is 6.18 Å². The molecule has 0 bridgehead atoms. The lowest BCUT2D eigenvalue weighted by molar-refractivity contribution is -0.195. The highest BCUT2D eigenvalue weighted by Gasteiger charge is 2.45. The summed E-state index contributed by atoms with van der Waals surface area (Å²) < 4.78 is 37.0. The fraction of sp³-hybridized carbons (Fsp3) is 0.455. The van der Waals surface area contributed by atoms with Crippen molar-refractivity contribution in [2.45, 2.75) is 33.0 Å². The van der Waals surface area contributed by atoms with Crippen LogP contribution in [0.1, 0.15) is 21.1 Å². The predicted octanol–water partition coefficient (Wildman–Crippen LogP) is 4.59. The molecule has 3 heterocycles. The van der Waals surface area contributed by atoms with E-state index in [1.54, 1.807) is 35.0 Å². The van der Waals surface area contributed by atoms with Crippen molar-refractivity contribution in [1.82, 2.24) is 19.8 Å². The molecule has 1 atom stereocenters. The van der Waals surface area contributed by atoms with Crippen LogP contribution in [0.3, 0.4) is 0 Å². The highest BCUT2D eigenvalue weighted by atomic mass is 32.2. The van der Waals surface area contributed by atoms with Gasteiger partial charge in [0.2, 0.25) is 6.41 Å². The Morgan fingerprint density at radius 2 is 2.09 bits per heavy atom. The molecular weight excluding hydrogens is 485 g/mol. The van der Waals surface area contributed by atoms with E-state index in [-0.39, 0.29) is 19.5 Å². The van der Waals surface area contributed by atoms with Gasteiger partial charge < -0.3 is 15.1 Å². The summed E-state index contributed by atoms with van der Waals surface area (Å²) in [6, 6.07) is 2.36. The normalized spacial score (nSPS) is 17.1. The van der Waals surface area contributed by atoms with E-state index in [4.69, 9.17) is 0 Å². The van der Waals surface area contributed by atoms with Crippen LogP contribution < -0.4 is 5.32 Å². The minimum atomic E-state index is -4.32. The van der Waals surface area contributed by atoms with E-state index in [0.29, 0.717) is 6.54 Å². The number of nitrogens with one attached hydrogen (secondary N) is 1. The van der Waals surface area contributed by atoms with E-state index in [9.17, 15) is 18.0 Å². The quantitative estimate of drug-likeness (QED) is 0.252. The van der Waals surface area contributed by atoms with Gasteiger partial charge in [0, 0.05) is 25.8 Å². The average Bonchev–Trinajstić information content (AvgIpc) is 3.12. The smallest absolute Gasteiger partial charge is 0.361 e. The van der Waals surface area contributed by atoms with Gasteiger partial charge in [0.1, 0.15) is 11.9 Å². The lowest BCUT2D eigenvalue weighted by Gasteiger charge is -2.38. The first-order valence-corrected chi connectivity index (χ1v) is 12.3. The van der Waals surface area contributed by atoms with E-state index in [2.05, 4.69) is 27.0 Å². The summed E-state index contributed by atoms with van der Waals surface area (Å²) in [5, 5.41) is 6.31. The van der Waals surface area contributed by atoms with Gasteiger partial charge in [-0.1, -0.05) is 6.07 Å². The monoisotopic (exact) mass is 514 g/mol. The Bertz CT molecular complexity index is 978. The second-order valence-electron chi connectivity index (χ2n) is 7.68. The maximum atomic E-state index is 12.3. The summed E-state index contributed by atoms with van der Waals surface area (Å²) in [7, 11) is 1.61. The molecule has 34 heavy (non-hydrogen) atoms. The van der Waals surface area contributed by atoms with E-state index in [1.165, 1.54) is 0 Å². The molecule has 0 radical (unpaired) electrons. The molecular formula is C22H29F3N6OS2. The Kier molecular flexibility index (Phi) is 10.5. The fourth-order valence-corrected chi connectivity index (χ4v) is 4.73. The largest absolute Gasteiger partial charge is 0.410 e. The standard InChI is InChI=1S/C15H18N4S2.C7H11F3N2O/c1-10-5-6-14(17-7-10)18-9-20-8-13(16-4)15-11(2)19-12(3)21-15;1-11-2-3-12(5-13)6(4-11)7(8,9)10/h5-8H,4,9H2,1-3H3,(H,17,18);5-6H,2-4H2,1H3/b13-8-;. The number of rotatable bonds is 7. The Balaban J connectivity index is 0.000000270. The molecule has 0 aromatic carbocycles. The SMILES string of the molecule is C=N/C(=C\SCNc1ccc(C)cn1)c1sc(C)nc1C.CN1CCN(C=O)C(C(F)(F)F)C1. The molecule has 1 unspecified atom stereocenters. The van der Waals surface area contributed by atoms with Crippen molar-refractivity contribution in [2.75, 3.05) is 37.9 Å². The minimum absolute atomic E-state index is 0.137. The lowest BCUT2D eigenvalue weighted by atomic mass is 10.2. The molecule has 12 heteroatoms. The van der Waals surface area contributed by atoms with E-state index >= 15 is 0 Å². The number of piperazine rings is 1. The summed E-state index contributed by atoms with van der Waals surface area (Å²) >= 11 is 3.27. The molecule has 1 amide bonds. The summed E-state index contributed by atoms with van der Waals surface area (Å²) in [5.41, 5.74) is 3.04. The van der Waals surface area contributed by atoms with Gasteiger partial charge in [0.25, 0.3) is 0 Å². The number of carbonyl (C=O) groups excluding carboxylic acids is 1. The van der Waals surface area contributed by atoms with Crippen LogP contribution in [0.4, 0.5) is 19.0 Å². The number of alkyl halides is 3. The van der Waals surface area contributed by atoms with Gasteiger partial charge in [-0.25, -0.2) is 9.97 Å².